The summed E-state index contributed by atoms with van der Waals surface area (Å²) in [5.41, 5.74) is 1.26. The Labute approximate surface area is 109 Å². The fraction of sp³-hybridized carbons (Fsp3) is 0.500. The highest BCUT2D eigenvalue weighted by molar-refractivity contribution is 7.10. The van der Waals surface area contributed by atoms with Crippen molar-refractivity contribution in [3.63, 3.8) is 0 Å². The van der Waals surface area contributed by atoms with E-state index in [2.05, 4.69) is 15.3 Å². The van der Waals surface area contributed by atoms with Gasteiger partial charge in [-0.3, -0.25) is 21.0 Å². The lowest BCUT2D eigenvalue weighted by atomic mass is 10.2. The molecular weight excluding hydrogens is 256 g/mol. The summed E-state index contributed by atoms with van der Waals surface area (Å²) in [7, 11) is 0. The third kappa shape index (κ3) is 5.60. The van der Waals surface area contributed by atoms with Gasteiger partial charge in [0.25, 0.3) is 0 Å². The van der Waals surface area contributed by atoms with Crippen molar-refractivity contribution >= 4 is 29.6 Å². The molecule has 1 amide bonds. The molecule has 0 spiro atoms. The molecule has 0 radical (unpaired) electrons. The Morgan fingerprint density at radius 2 is 2.39 bits per heavy atom. The first-order valence-corrected chi connectivity index (χ1v) is 6.11. The molecule has 0 aromatic carbocycles. The Morgan fingerprint density at radius 1 is 1.67 bits per heavy atom. The number of aliphatic imine (C=N–C) groups is 1. The second-order valence-corrected chi connectivity index (χ2v) is 5.29. The number of rotatable bonds is 4. The number of hydrogen-bond acceptors (Lipinski definition) is 6. The van der Waals surface area contributed by atoms with Crippen LogP contribution in [0.15, 0.2) is 10.4 Å². The van der Waals surface area contributed by atoms with Gasteiger partial charge < -0.3 is 4.74 Å². The second-order valence-electron chi connectivity index (χ2n) is 4.35. The van der Waals surface area contributed by atoms with Crippen LogP contribution in [0.4, 0.5) is 10.6 Å². The molecule has 1 aromatic rings. The normalized spacial score (nSPS) is 11.6. The van der Waals surface area contributed by atoms with Gasteiger partial charge in [0.15, 0.2) is 0 Å². The summed E-state index contributed by atoms with van der Waals surface area (Å²) in [5, 5.41) is 13.2. The number of anilines is 1. The lowest BCUT2D eigenvalue weighted by Crippen LogP contribution is -2.27. The summed E-state index contributed by atoms with van der Waals surface area (Å²) >= 11 is 1.36. The molecule has 0 bridgehead atoms. The van der Waals surface area contributed by atoms with Gasteiger partial charge in [-0.2, -0.15) is 0 Å². The molecule has 0 aliphatic rings. The van der Waals surface area contributed by atoms with Crippen LogP contribution in [0.2, 0.25) is 0 Å². The van der Waals surface area contributed by atoms with E-state index in [0.29, 0.717) is 17.4 Å². The van der Waals surface area contributed by atoms with Crippen molar-refractivity contribution in [2.24, 2.45) is 4.99 Å². The number of carbonyl (C=O) groups is 1. The molecule has 3 N–H and O–H groups in total. The molecule has 1 rings (SSSR count). The monoisotopic (exact) mass is 272 g/mol. The Balaban J connectivity index is 2.48. The van der Waals surface area contributed by atoms with Crippen molar-refractivity contribution in [3.8, 4) is 0 Å². The molecule has 1 aromatic heterocycles. The van der Waals surface area contributed by atoms with Gasteiger partial charge in [0.2, 0.25) is 0 Å². The van der Waals surface area contributed by atoms with Crippen molar-refractivity contribution in [1.29, 1.82) is 0 Å². The van der Waals surface area contributed by atoms with Crippen LogP contribution in [0.25, 0.3) is 0 Å². The van der Waals surface area contributed by atoms with Crippen molar-refractivity contribution in [2.45, 2.75) is 32.9 Å². The minimum absolute atomic E-state index is 0.328. The molecule has 0 saturated carbocycles. The summed E-state index contributed by atoms with van der Waals surface area (Å²) in [6.45, 7) is 5.69. The van der Waals surface area contributed by atoms with Gasteiger partial charge in [-0.15, -0.1) is 11.3 Å². The van der Waals surface area contributed by atoms with Crippen LogP contribution in [0.5, 0.6) is 0 Å². The number of carbonyl (C=O) groups excluding carboxylic acids is 1. The van der Waals surface area contributed by atoms with Gasteiger partial charge >= 0.3 is 6.09 Å². The average molecular weight is 272 g/mol. The van der Waals surface area contributed by atoms with Gasteiger partial charge in [-0.25, -0.2) is 9.78 Å². The van der Waals surface area contributed by atoms with Crippen LogP contribution < -0.4 is 10.8 Å². The van der Waals surface area contributed by atoms with E-state index < -0.39 is 11.7 Å². The maximum atomic E-state index is 11.5. The van der Waals surface area contributed by atoms with Crippen LogP contribution >= 0.6 is 11.3 Å². The highest BCUT2D eigenvalue weighted by Crippen LogP contribution is 2.16. The Hall–Kier alpha value is -1.67. The average Bonchev–Trinajstić information content (AvgIpc) is 2.63. The fourth-order valence-electron chi connectivity index (χ4n) is 1.01. The zero-order valence-corrected chi connectivity index (χ0v) is 11.2. The van der Waals surface area contributed by atoms with E-state index in [-0.39, 0.29) is 0 Å². The highest BCUT2D eigenvalue weighted by Gasteiger charge is 2.16. The molecule has 8 heteroatoms. The summed E-state index contributed by atoms with van der Waals surface area (Å²) in [6.07, 6.45) is 0.613. The maximum Gasteiger partial charge on any atom is 0.413 e. The Kier molecular flexibility index (Phi) is 5.05. The zero-order valence-electron chi connectivity index (χ0n) is 10.4. The van der Waals surface area contributed by atoms with Crippen LogP contribution in [0.3, 0.4) is 0 Å². The van der Waals surface area contributed by atoms with Crippen LogP contribution in [0.1, 0.15) is 25.8 Å². The van der Waals surface area contributed by atoms with Crippen molar-refractivity contribution < 1.29 is 14.7 Å². The number of ether oxygens (including phenoxy) is 1. The molecule has 0 fully saturated rings. The molecular formula is C10H16N4O3S. The first-order valence-electron chi connectivity index (χ1n) is 5.23. The highest BCUT2D eigenvalue weighted by atomic mass is 32.1. The van der Waals surface area contributed by atoms with Crippen molar-refractivity contribution in [3.05, 3.63) is 10.4 Å². The molecule has 0 aliphatic heterocycles. The predicted octanol–water partition coefficient (Wildman–Crippen LogP) is 2.00. The minimum atomic E-state index is -0.542. The molecule has 0 aliphatic carbocycles. The van der Waals surface area contributed by atoms with Gasteiger partial charge in [-0.1, -0.05) is 0 Å². The van der Waals surface area contributed by atoms with E-state index >= 15 is 0 Å². The summed E-state index contributed by atoms with van der Waals surface area (Å²) < 4.78 is 5.09. The molecule has 1 heterocycles. The molecule has 0 saturated heterocycles. The largest absolute Gasteiger partial charge is 0.444 e. The lowest BCUT2D eigenvalue weighted by Gasteiger charge is -2.19. The minimum Gasteiger partial charge on any atom is -0.444 e. The first-order chi connectivity index (χ1) is 8.40. The van der Waals surface area contributed by atoms with E-state index in [0.717, 1.165) is 6.34 Å². The number of nitrogens with one attached hydrogen (secondary N) is 2. The van der Waals surface area contributed by atoms with Crippen molar-refractivity contribution in [2.75, 3.05) is 5.32 Å². The Bertz CT molecular complexity index is 425. The standard InChI is InChI=1S/C10H16N4O3S/c1-10(2,3)17-9(15)14-7-5-18-8(13-7)4-11-6-12-16/h5-6,16H,4H2,1-3H3,(H,11,12)(H,14,15). The van der Waals surface area contributed by atoms with Gasteiger partial charge in [0.1, 0.15) is 22.8 Å². The maximum absolute atomic E-state index is 11.5. The van der Waals surface area contributed by atoms with Gasteiger partial charge in [-0.05, 0) is 20.8 Å². The molecule has 100 valence electrons. The number of amides is 1. The Morgan fingerprint density at radius 3 is 3.00 bits per heavy atom. The van der Waals surface area contributed by atoms with E-state index in [1.807, 2.05) is 0 Å². The SMILES string of the molecule is CC(C)(C)OC(=O)Nc1csc(CN=CNO)n1. The van der Waals surface area contributed by atoms with E-state index in [4.69, 9.17) is 9.94 Å². The zero-order chi connectivity index (χ0) is 13.6. The quantitative estimate of drug-likeness (QED) is 0.442. The number of hydroxylamine groups is 1. The predicted molar refractivity (Wildman–Crippen MR) is 69.1 cm³/mol. The van der Waals surface area contributed by atoms with Crippen LogP contribution in [-0.2, 0) is 11.3 Å². The van der Waals surface area contributed by atoms with Crippen LogP contribution in [-0.4, -0.2) is 28.2 Å². The van der Waals surface area contributed by atoms with Gasteiger partial charge in [0, 0.05) is 5.38 Å². The third-order valence-electron chi connectivity index (χ3n) is 1.56. The van der Waals surface area contributed by atoms with E-state index in [1.165, 1.54) is 11.3 Å². The molecule has 7 nitrogen and oxygen atoms in total. The van der Waals surface area contributed by atoms with Crippen LogP contribution in [0, 0.1) is 0 Å². The fourth-order valence-corrected chi connectivity index (χ4v) is 1.67. The number of thiazole rings is 1. The topological polar surface area (TPSA) is 95.8 Å². The van der Waals surface area contributed by atoms with Crippen molar-refractivity contribution in [1.82, 2.24) is 10.5 Å². The number of hydrogen-bond donors (Lipinski definition) is 3. The van der Waals surface area contributed by atoms with E-state index in [1.54, 1.807) is 31.6 Å². The molecule has 0 atom stereocenters. The number of nitrogens with zero attached hydrogens (tertiary/aromatic N) is 2. The molecule has 0 unspecified atom stereocenters. The third-order valence-corrected chi connectivity index (χ3v) is 2.39. The lowest BCUT2D eigenvalue weighted by molar-refractivity contribution is 0.0635. The smallest absolute Gasteiger partial charge is 0.413 e. The first kappa shape index (κ1) is 14.4. The summed E-state index contributed by atoms with van der Waals surface area (Å²) in [6, 6.07) is 0. The van der Waals surface area contributed by atoms with E-state index in [9.17, 15) is 4.79 Å². The number of aromatic nitrogens is 1. The second kappa shape index (κ2) is 6.31. The summed E-state index contributed by atoms with van der Waals surface area (Å²) in [5.74, 6) is 0.427. The summed E-state index contributed by atoms with van der Waals surface area (Å²) in [4.78, 5) is 19.4. The van der Waals surface area contributed by atoms with Gasteiger partial charge in [0.05, 0.1) is 6.54 Å². The molecule has 18 heavy (non-hydrogen) atoms.